The highest BCUT2D eigenvalue weighted by Gasteiger charge is 2.28. The summed E-state index contributed by atoms with van der Waals surface area (Å²) in [5, 5.41) is 4.63. The van der Waals surface area contributed by atoms with E-state index in [1.54, 1.807) is 6.92 Å². The van der Waals surface area contributed by atoms with Crippen LogP contribution in [0.3, 0.4) is 0 Å². The average Bonchev–Trinajstić information content (AvgIpc) is 2.31. The molecule has 0 bridgehead atoms. The van der Waals surface area contributed by atoms with Gasteiger partial charge in [-0.2, -0.15) is 0 Å². The van der Waals surface area contributed by atoms with Crippen LogP contribution in [0.2, 0.25) is 0 Å². The van der Waals surface area contributed by atoms with Gasteiger partial charge in [-0.15, -0.1) is 0 Å². The topological polar surface area (TPSA) is 75.3 Å². The second-order valence-electron chi connectivity index (χ2n) is 4.49. The number of nitrogens with one attached hydrogen (secondary N) is 2. The molecule has 0 spiro atoms. The van der Waals surface area contributed by atoms with Gasteiger partial charge in [-0.25, -0.2) is 4.39 Å². The molecule has 0 radical (unpaired) electrons. The number of rotatable bonds is 2. The molecule has 3 amide bonds. The third kappa shape index (κ3) is 3.15. The molecule has 2 N–H and O–H groups in total. The second kappa shape index (κ2) is 5.17. The summed E-state index contributed by atoms with van der Waals surface area (Å²) in [6, 6.07) is 3.19. The van der Waals surface area contributed by atoms with Gasteiger partial charge in [0.1, 0.15) is 11.9 Å². The Balaban J connectivity index is 2.08. The summed E-state index contributed by atoms with van der Waals surface area (Å²) in [4.78, 5) is 34.4. The molecule has 1 aromatic rings. The van der Waals surface area contributed by atoms with Crippen molar-refractivity contribution in [3.05, 3.63) is 35.1 Å². The Morgan fingerprint density at radius 3 is 2.74 bits per heavy atom. The minimum absolute atomic E-state index is 0.155. The van der Waals surface area contributed by atoms with E-state index in [2.05, 4.69) is 10.6 Å². The Morgan fingerprint density at radius 1 is 1.37 bits per heavy atom. The molecule has 2 rings (SSSR count). The van der Waals surface area contributed by atoms with Crippen LogP contribution in [-0.4, -0.2) is 23.8 Å². The zero-order valence-electron chi connectivity index (χ0n) is 10.3. The first-order valence-electron chi connectivity index (χ1n) is 5.87. The third-order valence-electron chi connectivity index (χ3n) is 2.85. The van der Waals surface area contributed by atoms with E-state index in [0.717, 1.165) is 6.07 Å². The monoisotopic (exact) mass is 264 g/mol. The maximum atomic E-state index is 13.2. The Hall–Kier alpha value is -2.24. The van der Waals surface area contributed by atoms with E-state index in [9.17, 15) is 18.8 Å². The summed E-state index contributed by atoms with van der Waals surface area (Å²) in [7, 11) is 0. The van der Waals surface area contributed by atoms with Crippen molar-refractivity contribution in [2.75, 3.05) is 0 Å². The van der Waals surface area contributed by atoms with Crippen molar-refractivity contribution in [2.45, 2.75) is 25.8 Å². The number of hydrogen-bond acceptors (Lipinski definition) is 3. The van der Waals surface area contributed by atoms with Crippen LogP contribution in [0.1, 0.15) is 28.8 Å². The summed E-state index contributed by atoms with van der Waals surface area (Å²) in [6.07, 6.45) is 0.434. The quantitative estimate of drug-likeness (QED) is 0.771. The number of hydrogen-bond donors (Lipinski definition) is 2. The molecule has 0 aliphatic carbocycles. The first-order valence-corrected chi connectivity index (χ1v) is 5.87. The number of carbonyl (C=O) groups is 3. The van der Waals surface area contributed by atoms with Gasteiger partial charge in [0.2, 0.25) is 11.8 Å². The molecule has 1 atom stereocenters. The van der Waals surface area contributed by atoms with Crippen molar-refractivity contribution >= 4 is 17.7 Å². The number of carbonyl (C=O) groups excluding carboxylic acids is 3. The summed E-state index contributed by atoms with van der Waals surface area (Å²) in [6.45, 7) is 1.67. The van der Waals surface area contributed by atoms with Gasteiger partial charge < -0.3 is 5.32 Å². The molecule has 1 unspecified atom stereocenters. The summed E-state index contributed by atoms with van der Waals surface area (Å²) >= 11 is 0. The van der Waals surface area contributed by atoms with Crippen LogP contribution >= 0.6 is 0 Å². The van der Waals surface area contributed by atoms with Crippen LogP contribution in [0, 0.1) is 12.7 Å². The van der Waals surface area contributed by atoms with E-state index in [-0.39, 0.29) is 24.3 Å². The van der Waals surface area contributed by atoms with Gasteiger partial charge in [-0.3, -0.25) is 19.7 Å². The Morgan fingerprint density at radius 2 is 2.11 bits per heavy atom. The molecule has 100 valence electrons. The molecule has 1 aromatic carbocycles. The van der Waals surface area contributed by atoms with E-state index < -0.39 is 23.7 Å². The van der Waals surface area contributed by atoms with E-state index in [0.29, 0.717) is 5.56 Å². The lowest BCUT2D eigenvalue weighted by Crippen LogP contribution is -2.52. The van der Waals surface area contributed by atoms with E-state index in [1.165, 1.54) is 12.1 Å². The van der Waals surface area contributed by atoms with Crippen LogP contribution in [-0.2, 0) is 9.59 Å². The van der Waals surface area contributed by atoms with Crippen molar-refractivity contribution in [2.24, 2.45) is 0 Å². The average molecular weight is 264 g/mol. The highest BCUT2D eigenvalue weighted by Crippen LogP contribution is 2.10. The molecular formula is C13H13FN2O3. The molecule has 1 saturated heterocycles. The highest BCUT2D eigenvalue weighted by atomic mass is 19.1. The Bertz CT molecular complexity index is 537. The molecule has 0 aromatic heterocycles. The SMILES string of the molecule is Cc1cc(F)cc(C(=O)NC2CCC(=O)NC2=O)c1. The molecule has 6 heteroatoms. The Kier molecular flexibility index (Phi) is 3.59. The molecule has 5 nitrogen and oxygen atoms in total. The van der Waals surface area contributed by atoms with Crippen molar-refractivity contribution in [3.63, 3.8) is 0 Å². The highest BCUT2D eigenvalue weighted by molar-refractivity contribution is 6.03. The zero-order chi connectivity index (χ0) is 14.0. The smallest absolute Gasteiger partial charge is 0.252 e. The zero-order valence-corrected chi connectivity index (χ0v) is 10.3. The van der Waals surface area contributed by atoms with E-state index in [1.807, 2.05) is 0 Å². The minimum atomic E-state index is -0.756. The lowest BCUT2D eigenvalue weighted by Gasteiger charge is -2.21. The van der Waals surface area contributed by atoms with Gasteiger partial charge >= 0.3 is 0 Å². The van der Waals surface area contributed by atoms with Crippen molar-refractivity contribution < 1.29 is 18.8 Å². The normalized spacial score (nSPS) is 18.9. The predicted molar refractivity (Wildman–Crippen MR) is 64.8 cm³/mol. The number of imide groups is 1. The maximum Gasteiger partial charge on any atom is 0.252 e. The van der Waals surface area contributed by atoms with E-state index in [4.69, 9.17) is 0 Å². The van der Waals surface area contributed by atoms with Crippen LogP contribution in [0.5, 0.6) is 0 Å². The van der Waals surface area contributed by atoms with Crippen LogP contribution < -0.4 is 10.6 Å². The number of aryl methyl sites for hydroxylation is 1. The van der Waals surface area contributed by atoms with Gasteiger partial charge in [0.05, 0.1) is 0 Å². The fourth-order valence-electron chi connectivity index (χ4n) is 1.94. The fourth-order valence-corrected chi connectivity index (χ4v) is 1.94. The van der Waals surface area contributed by atoms with Gasteiger partial charge in [0, 0.05) is 12.0 Å². The lowest BCUT2D eigenvalue weighted by molar-refractivity contribution is -0.134. The third-order valence-corrected chi connectivity index (χ3v) is 2.85. The molecule has 1 heterocycles. The number of amides is 3. The first-order chi connectivity index (χ1) is 8.95. The lowest BCUT2D eigenvalue weighted by atomic mass is 10.0. The van der Waals surface area contributed by atoms with Crippen molar-refractivity contribution in [1.82, 2.24) is 10.6 Å². The molecule has 1 fully saturated rings. The summed E-state index contributed by atoms with van der Waals surface area (Å²) < 4.78 is 13.2. The largest absolute Gasteiger partial charge is 0.340 e. The number of halogens is 1. The van der Waals surface area contributed by atoms with Crippen LogP contribution in [0.25, 0.3) is 0 Å². The molecule has 1 aliphatic heterocycles. The van der Waals surface area contributed by atoms with Gasteiger partial charge in [0.15, 0.2) is 0 Å². The molecule has 0 saturated carbocycles. The van der Waals surface area contributed by atoms with Crippen LogP contribution in [0.15, 0.2) is 18.2 Å². The number of benzene rings is 1. The standard InChI is InChI=1S/C13H13FN2O3/c1-7-4-8(6-9(14)5-7)12(18)15-10-2-3-11(17)16-13(10)19/h4-6,10H,2-3H2,1H3,(H,15,18)(H,16,17,19). The van der Waals surface area contributed by atoms with Gasteiger partial charge in [0.25, 0.3) is 5.91 Å². The Labute approximate surface area is 109 Å². The van der Waals surface area contributed by atoms with Gasteiger partial charge in [-0.05, 0) is 37.1 Å². The van der Waals surface area contributed by atoms with Crippen molar-refractivity contribution in [3.8, 4) is 0 Å². The summed E-state index contributed by atoms with van der Waals surface area (Å²) in [5.41, 5.74) is 0.774. The molecular weight excluding hydrogens is 251 g/mol. The van der Waals surface area contributed by atoms with E-state index >= 15 is 0 Å². The molecule has 19 heavy (non-hydrogen) atoms. The summed E-state index contributed by atoms with van der Waals surface area (Å²) in [5.74, 6) is -1.92. The minimum Gasteiger partial charge on any atom is -0.340 e. The van der Waals surface area contributed by atoms with Crippen molar-refractivity contribution in [1.29, 1.82) is 0 Å². The first kappa shape index (κ1) is 13.2. The van der Waals surface area contributed by atoms with Gasteiger partial charge in [-0.1, -0.05) is 0 Å². The second-order valence-corrected chi connectivity index (χ2v) is 4.49. The predicted octanol–water partition coefficient (Wildman–Crippen LogP) is 0.669. The maximum absolute atomic E-state index is 13.2. The number of piperidine rings is 1. The van der Waals surface area contributed by atoms with Crippen LogP contribution in [0.4, 0.5) is 4.39 Å². The molecule has 1 aliphatic rings. The fraction of sp³-hybridized carbons (Fsp3) is 0.308.